The zero-order chi connectivity index (χ0) is 10.0. The van der Waals surface area contributed by atoms with Gasteiger partial charge in [-0.2, -0.15) is 0 Å². The lowest BCUT2D eigenvalue weighted by Gasteiger charge is -2.32. The molecule has 2 fully saturated rings. The summed E-state index contributed by atoms with van der Waals surface area (Å²) >= 11 is 0. The van der Waals surface area contributed by atoms with Crippen LogP contribution in [0.5, 0.6) is 0 Å². The Bertz CT molecular complexity index is 187. The SMILES string of the molecule is CC1CCCC(O)(C2CCOC2)CC1. The van der Waals surface area contributed by atoms with Crippen molar-refractivity contribution in [3.05, 3.63) is 0 Å². The van der Waals surface area contributed by atoms with E-state index in [1.807, 2.05) is 0 Å². The predicted octanol–water partition coefficient (Wildman–Crippen LogP) is 2.35. The molecule has 0 bridgehead atoms. The second-order valence-electron chi connectivity index (χ2n) is 5.20. The number of aliphatic hydroxyl groups is 1. The Morgan fingerprint density at radius 2 is 2.07 bits per heavy atom. The number of hydrogen-bond acceptors (Lipinski definition) is 2. The molecule has 0 radical (unpaired) electrons. The van der Waals surface area contributed by atoms with Crippen LogP contribution in [0.1, 0.15) is 45.4 Å². The van der Waals surface area contributed by atoms with Crippen LogP contribution in [0, 0.1) is 11.8 Å². The lowest BCUT2D eigenvalue weighted by Crippen LogP contribution is -2.37. The van der Waals surface area contributed by atoms with Gasteiger partial charge in [0.05, 0.1) is 12.2 Å². The molecule has 3 atom stereocenters. The molecule has 82 valence electrons. The Morgan fingerprint density at radius 1 is 1.21 bits per heavy atom. The van der Waals surface area contributed by atoms with Gasteiger partial charge in [0.15, 0.2) is 0 Å². The third-order valence-electron chi connectivity index (χ3n) is 4.07. The van der Waals surface area contributed by atoms with Crippen LogP contribution in [0.3, 0.4) is 0 Å². The molecule has 1 aliphatic heterocycles. The maximum atomic E-state index is 10.6. The third kappa shape index (κ3) is 2.12. The van der Waals surface area contributed by atoms with E-state index in [0.717, 1.165) is 38.4 Å². The highest BCUT2D eigenvalue weighted by molar-refractivity contribution is 4.90. The van der Waals surface area contributed by atoms with Crippen LogP contribution in [0.15, 0.2) is 0 Å². The zero-order valence-corrected chi connectivity index (χ0v) is 9.17. The van der Waals surface area contributed by atoms with Crippen LogP contribution in [0.25, 0.3) is 0 Å². The molecule has 0 spiro atoms. The first kappa shape index (κ1) is 10.4. The van der Waals surface area contributed by atoms with Gasteiger partial charge in [-0.25, -0.2) is 0 Å². The van der Waals surface area contributed by atoms with E-state index in [-0.39, 0.29) is 0 Å². The van der Waals surface area contributed by atoms with Crippen LogP contribution in [0.2, 0.25) is 0 Å². The molecule has 1 heterocycles. The third-order valence-corrected chi connectivity index (χ3v) is 4.07. The van der Waals surface area contributed by atoms with E-state index in [2.05, 4.69) is 6.92 Å². The van der Waals surface area contributed by atoms with Crippen molar-refractivity contribution in [1.82, 2.24) is 0 Å². The van der Waals surface area contributed by atoms with Crippen LogP contribution >= 0.6 is 0 Å². The molecule has 0 aromatic carbocycles. The predicted molar refractivity (Wildman–Crippen MR) is 56.1 cm³/mol. The molecule has 2 heteroatoms. The Labute approximate surface area is 86.6 Å². The fourth-order valence-corrected chi connectivity index (χ4v) is 2.89. The fourth-order valence-electron chi connectivity index (χ4n) is 2.89. The lowest BCUT2D eigenvalue weighted by atomic mass is 9.80. The molecule has 1 saturated heterocycles. The van der Waals surface area contributed by atoms with Crippen molar-refractivity contribution in [1.29, 1.82) is 0 Å². The van der Waals surface area contributed by atoms with Gasteiger partial charge in [0.2, 0.25) is 0 Å². The molecular formula is C12H22O2. The summed E-state index contributed by atoms with van der Waals surface area (Å²) in [6.07, 6.45) is 6.70. The van der Waals surface area contributed by atoms with Gasteiger partial charge in [0.25, 0.3) is 0 Å². The standard InChI is InChI=1S/C12H22O2/c1-10-3-2-6-12(13,7-4-10)11-5-8-14-9-11/h10-11,13H,2-9H2,1H3. The quantitative estimate of drug-likeness (QED) is 0.655. The van der Waals surface area contributed by atoms with E-state index in [9.17, 15) is 5.11 Å². The van der Waals surface area contributed by atoms with E-state index in [0.29, 0.717) is 5.92 Å². The minimum atomic E-state index is -0.402. The number of hydrogen-bond donors (Lipinski definition) is 1. The molecule has 1 saturated carbocycles. The first-order chi connectivity index (χ1) is 6.71. The van der Waals surface area contributed by atoms with Gasteiger partial charge in [0.1, 0.15) is 0 Å². The molecule has 2 rings (SSSR count). The highest BCUT2D eigenvalue weighted by atomic mass is 16.5. The summed E-state index contributed by atoms with van der Waals surface area (Å²) in [5, 5.41) is 10.6. The molecule has 2 nitrogen and oxygen atoms in total. The first-order valence-electron chi connectivity index (χ1n) is 6.01. The average molecular weight is 198 g/mol. The molecule has 0 amide bonds. The minimum Gasteiger partial charge on any atom is -0.390 e. The first-order valence-corrected chi connectivity index (χ1v) is 6.01. The summed E-state index contributed by atoms with van der Waals surface area (Å²) in [6.45, 7) is 3.93. The Morgan fingerprint density at radius 3 is 2.79 bits per heavy atom. The van der Waals surface area contributed by atoms with Crippen molar-refractivity contribution in [3.63, 3.8) is 0 Å². The molecule has 2 aliphatic rings. The van der Waals surface area contributed by atoms with Crippen molar-refractivity contribution < 1.29 is 9.84 Å². The number of ether oxygens (including phenoxy) is 1. The minimum absolute atomic E-state index is 0.402. The van der Waals surface area contributed by atoms with Gasteiger partial charge >= 0.3 is 0 Å². The van der Waals surface area contributed by atoms with Gasteiger partial charge in [-0.15, -0.1) is 0 Å². The fraction of sp³-hybridized carbons (Fsp3) is 1.00. The second-order valence-corrected chi connectivity index (χ2v) is 5.20. The monoisotopic (exact) mass is 198 g/mol. The maximum Gasteiger partial charge on any atom is 0.0698 e. The number of rotatable bonds is 1. The van der Waals surface area contributed by atoms with Crippen LogP contribution in [-0.2, 0) is 4.74 Å². The van der Waals surface area contributed by atoms with E-state index in [1.54, 1.807) is 0 Å². The Hall–Kier alpha value is -0.0800. The molecule has 1 N–H and O–H groups in total. The van der Waals surface area contributed by atoms with E-state index >= 15 is 0 Å². The molecule has 3 unspecified atom stereocenters. The highest BCUT2D eigenvalue weighted by Crippen LogP contribution is 2.38. The zero-order valence-electron chi connectivity index (χ0n) is 9.17. The summed E-state index contributed by atoms with van der Waals surface area (Å²) in [7, 11) is 0. The van der Waals surface area contributed by atoms with Gasteiger partial charge < -0.3 is 9.84 Å². The van der Waals surface area contributed by atoms with Crippen LogP contribution in [-0.4, -0.2) is 23.9 Å². The van der Waals surface area contributed by atoms with Crippen molar-refractivity contribution in [3.8, 4) is 0 Å². The van der Waals surface area contributed by atoms with Gasteiger partial charge in [0, 0.05) is 12.5 Å². The Balaban J connectivity index is 1.98. The second kappa shape index (κ2) is 4.19. The average Bonchev–Trinajstić information content (AvgIpc) is 2.63. The van der Waals surface area contributed by atoms with Gasteiger partial charge in [-0.3, -0.25) is 0 Å². The van der Waals surface area contributed by atoms with Crippen molar-refractivity contribution in [2.75, 3.05) is 13.2 Å². The van der Waals surface area contributed by atoms with Crippen molar-refractivity contribution >= 4 is 0 Å². The van der Waals surface area contributed by atoms with Crippen molar-refractivity contribution in [2.24, 2.45) is 11.8 Å². The van der Waals surface area contributed by atoms with Crippen LogP contribution < -0.4 is 0 Å². The highest BCUT2D eigenvalue weighted by Gasteiger charge is 2.39. The largest absolute Gasteiger partial charge is 0.390 e. The van der Waals surface area contributed by atoms with E-state index in [4.69, 9.17) is 4.74 Å². The summed E-state index contributed by atoms with van der Waals surface area (Å²) in [4.78, 5) is 0. The lowest BCUT2D eigenvalue weighted by molar-refractivity contribution is -0.0350. The molecule has 14 heavy (non-hydrogen) atoms. The summed E-state index contributed by atoms with van der Waals surface area (Å²) < 4.78 is 5.38. The Kier molecular flexibility index (Phi) is 3.13. The molecule has 0 aromatic rings. The van der Waals surface area contributed by atoms with E-state index in [1.165, 1.54) is 19.3 Å². The summed E-state index contributed by atoms with van der Waals surface area (Å²) in [5.74, 6) is 1.21. The smallest absolute Gasteiger partial charge is 0.0698 e. The molecule has 1 aliphatic carbocycles. The normalized spacial score (nSPS) is 45.0. The summed E-state index contributed by atoms with van der Waals surface area (Å²) in [5.41, 5.74) is -0.402. The molecule has 0 aromatic heterocycles. The van der Waals surface area contributed by atoms with Crippen LogP contribution in [0.4, 0.5) is 0 Å². The van der Waals surface area contributed by atoms with E-state index < -0.39 is 5.60 Å². The molecular weight excluding hydrogens is 176 g/mol. The van der Waals surface area contributed by atoms with Gasteiger partial charge in [-0.05, 0) is 31.6 Å². The maximum absolute atomic E-state index is 10.6. The summed E-state index contributed by atoms with van der Waals surface area (Å²) in [6, 6.07) is 0. The van der Waals surface area contributed by atoms with Crippen molar-refractivity contribution in [2.45, 2.75) is 51.0 Å². The topological polar surface area (TPSA) is 29.5 Å². The van der Waals surface area contributed by atoms with Gasteiger partial charge in [-0.1, -0.05) is 19.8 Å².